The number of anilines is 1. The highest BCUT2D eigenvalue weighted by Crippen LogP contribution is 2.30. The summed E-state index contributed by atoms with van der Waals surface area (Å²) in [6, 6.07) is 11.0. The SMILES string of the molecule is CCOc1ccc(N)cc1COc1cc(Br)ccc1Cl. The average Bonchev–Trinajstić information content (AvgIpc) is 2.42. The Kier molecular flexibility index (Phi) is 5.15. The van der Waals surface area contributed by atoms with Gasteiger partial charge >= 0.3 is 0 Å². The van der Waals surface area contributed by atoms with Gasteiger partial charge in [0.25, 0.3) is 0 Å². The van der Waals surface area contributed by atoms with E-state index in [1.807, 2.05) is 31.2 Å². The molecule has 0 aliphatic rings. The molecule has 0 unspecified atom stereocenters. The van der Waals surface area contributed by atoms with Gasteiger partial charge in [0.1, 0.15) is 18.1 Å². The van der Waals surface area contributed by atoms with Crippen molar-refractivity contribution in [1.29, 1.82) is 0 Å². The van der Waals surface area contributed by atoms with Crippen LogP contribution in [0.5, 0.6) is 11.5 Å². The standard InChI is InChI=1S/C15H15BrClNO2/c1-2-19-14-6-4-12(18)7-10(14)9-20-15-8-11(16)3-5-13(15)17/h3-8H,2,9,18H2,1H3. The minimum Gasteiger partial charge on any atom is -0.493 e. The van der Waals surface area contributed by atoms with Crippen LogP contribution in [0.4, 0.5) is 5.69 Å². The van der Waals surface area contributed by atoms with E-state index in [0.29, 0.717) is 29.7 Å². The van der Waals surface area contributed by atoms with Crippen LogP contribution in [0.25, 0.3) is 0 Å². The zero-order valence-corrected chi connectivity index (χ0v) is 13.4. The van der Waals surface area contributed by atoms with Gasteiger partial charge in [-0.15, -0.1) is 0 Å². The molecule has 106 valence electrons. The van der Waals surface area contributed by atoms with Crippen LogP contribution in [0.15, 0.2) is 40.9 Å². The van der Waals surface area contributed by atoms with Gasteiger partial charge in [0.05, 0.1) is 11.6 Å². The summed E-state index contributed by atoms with van der Waals surface area (Å²) < 4.78 is 12.2. The molecular weight excluding hydrogens is 342 g/mol. The number of nitrogen functional groups attached to an aromatic ring is 1. The average molecular weight is 357 g/mol. The molecule has 0 aliphatic heterocycles. The van der Waals surface area contributed by atoms with Gasteiger partial charge in [0, 0.05) is 15.7 Å². The van der Waals surface area contributed by atoms with E-state index < -0.39 is 0 Å². The Morgan fingerprint density at radius 3 is 2.65 bits per heavy atom. The molecule has 5 heteroatoms. The fourth-order valence-corrected chi connectivity index (χ4v) is 2.26. The summed E-state index contributed by atoms with van der Waals surface area (Å²) in [5, 5.41) is 0.565. The molecule has 0 saturated heterocycles. The predicted molar refractivity (Wildman–Crippen MR) is 85.5 cm³/mol. The number of benzene rings is 2. The molecule has 0 amide bonds. The predicted octanol–water partition coefficient (Wildman–Crippen LogP) is 4.66. The third-order valence-electron chi connectivity index (χ3n) is 2.66. The lowest BCUT2D eigenvalue weighted by atomic mass is 10.2. The lowest BCUT2D eigenvalue weighted by Crippen LogP contribution is -2.02. The van der Waals surface area contributed by atoms with Crippen molar-refractivity contribution in [1.82, 2.24) is 0 Å². The molecular formula is C15H15BrClNO2. The normalized spacial score (nSPS) is 10.3. The second kappa shape index (κ2) is 6.86. The van der Waals surface area contributed by atoms with E-state index in [-0.39, 0.29) is 0 Å². The molecule has 2 aromatic carbocycles. The molecule has 0 atom stereocenters. The summed E-state index contributed by atoms with van der Waals surface area (Å²) in [5.74, 6) is 1.39. The van der Waals surface area contributed by atoms with Crippen LogP contribution in [0.1, 0.15) is 12.5 Å². The first-order valence-corrected chi connectivity index (χ1v) is 7.36. The maximum absolute atomic E-state index is 6.09. The Labute approximate surface area is 131 Å². The second-order valence-corrected chi connectivity index (χ2v) is 5.49. The van der Waals surface area contributed by atoms with Crippen molar-refractivity contribution in [3.63, 3.8) is 0 Å². The fourth-order valence-electron chi connectivity index (χ4n) is 1.75. The first kappa shape index (κ1) is 15.0. The van der Waals surface area contributed by atoms with Crippen LogP contribution >= 0.6 is 27.5 Å². The zero-order valence-electron chi connectivity index (χ0n) is 11.0. The molecule has 0 bridgehead atoms. The van der Waals surface area contributed by atoms with Crippen molar-refractivity contribution in [2.75, 3.05) is 12.3 Å². The Balaban J connectivity index is 2.17. The molecule has 0 spiro atoms. The van der Waals surface area contributed by atoms with Crippen molar-refractivity contribution < 1.29 is 9.47 Å². The van der Waals surface area contributed by atoms with Gasteiger partial charge < -0.3 is 15.2 Å². The van der Waals surface area contributed by atoms with Crippen LogP contribution in [0.3, 0.4) is 0 Å². The lowest BCUT2D eigenvalue weighted by molar-refractivity contribution is 0.286. The number of hydrogen-bond donors (Lipinski definition) is 1. The van der Waals surface area contributed by atoms with Gasteiger partial charge in [0.15, 0.2) is 0 Å². The molecule has 0 aromatic heterocycles. The molecule has 0 fully saturated rings. The third-order valence-corrected chi connectivity index (χ3v) is 3.47. The zero-order chi connectivity index (χ0) is 14.5. The maximum atomic E-state index is 6.09. The van der Waals surface area contributed by atoms with E-state index in [2.05, 4.69) is 15.9 Å². The molecule has 0 aliphatic carbocycles. The molecule has 0 heterocycles. The molecule has 0 saturated carbocycles. The van der Waals surface area contributed by atoms with E-state index in [4.69, 9.17) is 26.8 Å². The van der Waals surface area contributed by atoms with Gasteiger partial charge in [-0.1, -0.05) is 27.5 Å². The van der Waals surface area contributed by atoms with E-state index in [1.165, 1.54) is 0 Å². The summed E-state index contributed by atoms with van der Waals surface area (Å²) in [5.41, 5.74) is 7.37. The Bertz CT molecular complexity index is 604. The number of hydrogen-bond acceptors (Lipinski definition) is 3. The highest BCUT2D eigenvalue weighted by atomic mass is 79.9. The highest BCUT2D eigenvalue weighted by molar-refractivity contribution is 9.10. The van der Waals surface area contributed by atoms with E-state index >= 15 is 0 Å². The van der Waals surface area contributed by atoms with Crippen LogP contribution in [-0.4, -0.2) is 6.61 Å². The smallest absolute Gasteiger partial charge is 0.139 e. The molecule has 0 radical (unpaired) electrons. The first-order valence-electron chi connectivity index (χ1n) is 6.19. The molecule has 3 nitrogen and oxygen atoms in total. The minimum atomic E-state index is 0.344. The van der Waals surface area contributed by atoms with E-state index in [1.54, 1.807) is 12.1 Å². The number of halogens is 2. The number of ether oxygens (including phenoxy) is 2. The molecule has 2 rings (SSSR count). The van der Waals surface area contributed by atoms with Crippen LogP contribution in [-0.2, 0) is 6.61 Å². The maximum Gasteiger partial charge on any atom is 0.139 e. The van der Waals surface area contributed by atoms with Crippen molar-refractivity contribution in [3.05, 3.63) is 51.5 Å². The van der Waals surface area contributed by atoms with Crippen molar-refractivity contribution in [2.24, 2.45) is 0 Å². The van der Waals surface area contributed by atoms with E-state index in [9.17, 15) is 0 Å². The van der Waals surface area contributed by atoms with Crippen molar-refractivity contribution >= 4 is 33.2 Å². The summed E-state index contributed by atoms with van der Waals surface area (Å²) in [6.07, 6.45) is 0. The second-order valence-electron chi connectivity index (χ2n) is 4.16. The van der Waals surface area contributed by atoms with Crippen LogP contribution in [0, 0.1) is 0 Å². The minimum absolute atomic E-state index is 0.344. The molecule has 2 N–H and O–H groups in total. The molecule has 2 aromatic rings. The Morgan fingerprint density at radius 1 is 1.10 bits per heavy atom. The van der Waals surface area contributed by atoms with Gasteiger partial charge in [-0.25, -0.2) is 0 Å². The van der Waals surface area contributed by atoms with Gasteiger partial charge in [-0.2, -0.15) is 0 Å². The van der Waals surface area contributed by atoms with Crippen LogP contribution in [0.2, 0.25) is 5.02 Å². The fraction of sp³-hybridized carbons (Fsp3) is 0.200. The summed E-state index contributed by atoms with van der Waals surface area (Å²) >= 11 is 9.48. The Hall–Kier alpha value is -1.39. The van der Waals surface area contributed by atoms with Crippen molar-refractivity contribution in [2.45, 2.75) is 13.5 Å². The lowest BCUT2D eigenvalue weighted by Gasteiger charge is -2.13. The summed E-state index contributed by atoms with van der Waals surface area (Å²) in [6.45, 7) is 2.87. The monoisotopic (exact) mass is 355 g/mol. The van der Waals surface area contributed by atoms with E-state index in [0.717, 1.165) is 15.8 Å². The largest absolute Gasteiger partial charge is 0.493 e. The quantitative estimate of drug-likeness (QED) is 0.792. The summed E-state index contributed by atoms with van der Waals surface area (Å²) in [4.78, 5) is 0. The molecule has 20 heavy (non-hydrogen) atoms. The third kappa shape index (κ3) is 3.81. The summed E-state index contributed by atoms with van der Waals surface area (Å²) in [7, 11) is 0. The van der Waals surface area contributed by atoms with Gasteiger partial charge in [0.2, 0.25) is 0 Å². The highest BCUT2D eigenvalue weighted by Gasteiger charge is 2.07. The number of rotatable bonds is 5. The number of nitrogens with two attached hydrogens (primary N) is 1. The van der Waals surface area contributed by atoms with Crippen molar-refractivity contribution in [3.8, 4) is 11.5 Å². The first-order chi connectivity index (χ1) is 9.60. The van der Waals surface area contributed by atoms with Crippen LogP contribution < -0.4 is 15.2 Å². The Morgan fingerprint density at radius 2 is 1.90 bits per heavy atom. The topological polar surface area (TPSA) is 44.5 Å². The van der Waals surface area contributed by atoms with Gasteiger partial charge in [-0.05, 0) is 43.3 Å². The van der Waals surface area contributed by atoms with Gasteiger partial charge in [-0.3, -0.25) is 0 Å².